The summed E-state index contributed by atoms with van der Waals surface area (Å²) in [4.78, 5) is 14.8. The van der Waals surface area contributed by atoms with Crippen LogP contribution in [0.15, 0.2) is 167 Å². The summed E-state index contributed by atoms with van der Waals surface area (Å²) in [6.45, 7) is 0. The smallest absolute Gasteiger partial charge is 0.164 e. The van der Waals surface area contributed by atoms with Crippen LogP contribution in [0.3, 0.4) is 0 Å². The van der Waals surface area contributed by atoms with E-state index in [0.717, 1.165) is 77.3 Å². The van der Waals surface area contributed by atoms with Crippen LogP contribution in [0.2, 0.25) is 0 Å². The van der Waals surface area contributed by atoms with Gasteiger partial charge in [0.25, 0.3) is 0 Å². The van der Waals surface area contributed by atoms with Crippen molar-refractivity contribution in [3.05, 3.63) is 158 Å². The predicted octanol–water partition coefficient (Wildman–Crippen LogP) is 11.8. The van der Waals surface area contributed by atoms with E-state index in [0.29, 0.717) is 17.5 Å². The summed E-state index contributed by atoms with van der Waals surface area (Å²) in [5.41, 5.74) is 9.15. The number of nitrogens with zero attached hydrogens (tertiary/aromatic N) is 4. The molecule has 0 aliphatic carbocycles. The van der Waals surface area contributed by atoms with E-state index in [4.69, 9.17) is 23.8 Å². The Labute approximate surface area is 290 Å². The van der Waals surface area contributed by atoms with Gasteiger partial charge in [-0.1, -0.05) is 115 Å². The third kappa shape index (κ3) is 4.26. The highest BCUT2D eigenvalue weighted by molar-refractivity contribution is 6.18. The van der Waals surface area contributed by atoms with Crippen molar-refractivity contribution in [2.45, 2.75) is 0 Å². The van der Waals surface area contributed by atoms with Crippen LogP contribution < -0.4 is 0 Å². The number of rotatable bonds is 4. The van der Waals surface area contributed by atoms with Crippen LogP contribution in [0, 0.1) is 0 Å². The molecule has 0 radical (unpaired) electrons. The van der Waals surface area contributed by atoms with Crippen LogP contribution in [0.1, 0.15) is 0 Å². The van der Waals surface area contributed by atoms with Gasteiger partial charge in [-0.25, -0.2) is 15.0 Å². The Morgan fingerprint density at radius 3 is 1.73 bits per heavy atom. The number of benzene rings is 7. The van der Waals surface area contributed by atoms with Crippen LogP contribution in [0.25, 0.3) is 106 Å². The molecule has 0 N–H and O–H groups in total. The molecular formula is C45H26N4O2. The highest BCUT2D eigenvalue weighted by Crippen LogP contribution is 2.41. The van der Waals surface area contributed by atoms with E-state index in [9.17, 15) is 0 Å². The first-order valence-electron chi connectivity index (χ1n) is 16.9. The number of fused-ring (bicyclic) bond motifs is 9. The number of para-hydroxylation sites is 3. The normalized spacial score (nSPS) is 11.9. The van der Waals surface area contributed by atoms with Crippen molar-refractivity contribution in [3.63, 3.8) is 0 Å². The molecule has 4 heterocycles. The molecule has 0 spiro atoms. The average molecular weight is 655 g/mol. The largest absolute Gasteiger partial charge is 0.456 e. The summed E-state index contributed by atoms with van der Waals surface area (Å²) in [6.07, 6.45) is 0. The molecular weight excluding hydrogens is 629 g/mol. The molecule has 11 rings (SSSR count). The zero-order valence-electron chi connectivity index (χ0n) is 27.1. The van der Waals surface area contributed by atoms with Gasteiger partial charge in [-0.15, -0.1) is 0 Å². The van der Waals surface area contributed by atoms with Crippen LogP contribution >= 0.6 is 0 Å². The molecule has 7 aromatic carbocycles. The minimum Gasteiger partial charge on any atom is -0.456 e. The van der Waals surface area contributed by atoms with E-state index in [1.54, 1.807) is 0 Å². The van der Waals surface area contributed by atoms with Gasteiger partial charge in [0.1, 0.15) is 16.7 Å². The molecule has 0 saturated heterocycles. The molecule has 0 unspecified atom stereocenters. The summed E-state index contributed by atoms with van der Waals surface area (Å²) in [6, 6.07) is 53.8. The molecule has 11 aromatic rings. The predicted molar refractivity (Wildman–Crippen MR) is 205 cm³/mol. The van der Waals surface area contributed by atoms with E-state index in [2.05, 4.69) is 83.4 Å². The highest BCUT2D eigenvalue weighted by Gasteiger charge is 2.20. The molecule has 238 valence electrons. The minimum absolute atomic E-state index is 0.586. The first kappa shape index (κ1) is 27.9. The average Bonchev–Trinajstić information content (AvgIpc) is 3.86. The molecule has 0 fully saturated rings. The third-order valence-electron chi connectivity index (χ3n) is 9.85. The number of hydrogen-bond acceptors (Lipinski definition) is 5. The maximum Gasteiger partial charge on any atom is 0.164 e. The molecule has 4 aromatic heterocycles. The Bertz CT molecular complexity index is 3080. The maximum atomic E-state index is 6.82. The first-order valence-corrected chi connectivity index (χ1v) is 16.9. The highest BCUT2D eigenvalue weighted by atomic mass is 16.3. The fraction of sp³-hybridized carbons (Fsp3) is 0. The van der Waals surface area contributed by atoms with Gasteiger partial charge < -0.3 is 13.4 Å². The summed E-state index contributed by atoms with van der Waals surface area (Å²) in [7, 11) is 0. The first-order chi connectivity index (χ1) is 25.3. The molecule has 6 heteroatoms. The van der Waals surface area contributed by atoms with E-state index < -0.39 is 0 Å². The Morgan fingerprint density at radius 2 is 0.961 bits per heavy atom. The second kappa shape index (κ2) is 10.7. The lowest BCUT2D eigenvalue weighted by atomic mass is 10.1. The Balaban J connectivity index is 1.12. The van der Waals surface area contributed by atoms with Crippen molar-refractivity contribution >= 4 is 65.7 Å². The van der Waals surface area contributed by atoms with Gasteiger partial charge in [0.2, 0.25) is 0 Å². The van der Waals surface area contributed by atoms with Gasteiger partial charge in [0.05, 0.1) is 16.7 Å². The van der Waals surface area contributed by atoms with E-state index in [1.165, 1.54) is 10.8 Å². The molecule has 0 bridgehead atoms. The SMILES string of the molecule is c1ccc(-c2nc(-c3ccccc3)nc(-c3ccc4c(c3)oc3c(-n5c6ccccc6c6cc7c(cc65)oc5ccccc57)cccc34)n2)cc1. The lowest BCUT2D eigenvalue weighted by Gasteiger charge is -2.08. The van der Waals surface area contributed by atoms with Gasteiger partial charge in [0.15, 0.2) is 23.1 Å². The van der Waals surface area contributed by atoms with Crippen molar-refractivity contribution < 1.29 is 8.83 Å². The second-order valence-corrected chi connectivity index (χ2v) is 12.8. The topological polar surface area (TPSA) is 69.9 Å². The lowest BCUT2D eigenvalue weighted by Crippen LogP contribution is -2.00. The van der Waals surface area contributed by atoms with Crippen LogP contribution in [-0.4, -0.2) is 19.5 Å². The molecule has 0 aliphatic rings. The fourth-order valence-corrected chi connectivity index (χ4v) is 7.48. The lowest BCUT2D eigenvalue weighted by molar-refractivity contribution is 0.665. The van der Waals surface area contributed by atoms with Crippen LogP contribution in [0.5, 0.6) is 0 Å². The Kier molecular flexibility index (Phi) is 5.86. The van der Waals surface area contributed by atoms with Gasteiger partial charge in [-0.2, -0.15) is 0 Å². The van der Waals surface area contributed by atoms with Crippen LogP contribution in [0.4, 0.5) is 0 Å². The molecule has 0 aliphatic heterocycles. The monoisotopic (exact) mass is 654 g/mol. The second-order valence-electron chi connectivity index (χ2n) is 12.8. The van der Waals surface area contributed by atoms with Gasteiger partial charge >= 0.3 is 0 Å². The maximum absolute atomic E-state index is 6.82. The van der Waals surface area contributed by atoms with E-state index >= 15 is 0 Å². The fourth-order valence-electron chi connectivity index (χ4n) is 7.48. The van der Waals surface area contributed by atoms with E-state index in [-0.39, 0.29) is 0 Å². The zero-order valence-corrected chi connectivity index (χ0v) is 27.1. The standard InChI is InChI=1S/C45H26N4O2/c1-3-12-27(13-4-1)43-46-44(28-14-5-2-6-15-28)48-45(47-43)29-22-23-32-33-18-11-20-37(42(33)51-40(32)24-29)49-36-19-9-7-16-30(36)34-25-35-31-17-8-10-21-39(31)50-41(35)26-38(34)49/h1-26H. The number of hydrogen-bond donors (Lipinski definition) is 0. The third-order valence-corrected chi connectivity index (χ3v) is 9.85. The van der Waals surface area contributed by atoms with Crippen LogP contribution in [-0.2, 0) is 0 Å². The molecule has 6 nitrogen and oxygen atoms in total. The van der Waals surface area contributed by atoms with Crippen molar-refractivity contribution in [2.75, 3.05) is 0 Å². The summed E-state index contributed by atoms with van der Waals surface area (Å²) < 4.78 is 15.5. The molecule has 0 saturated carbocycles. The van der Waals surface area contributed by atoms with Gasteiger partial charge in [-0.3, -0.25) is 0 Å². The van der Waals surface area contributed by atoms with Crippen molar-refractivity contribution in [2.24, 2.45) is 0 Å². The van der Waals surface area contributed by atoms with Gasteiger partial charge in [-0.05, 0) is 36.4 Å². The van der Waals surface area contributed by atoms with Crippen molar-refractivity contribution in [3.8, 4) is 39.9 Å². The Hall–Kier alpha value is -7.05. The molecule has 51 heavy (non-hydrogen) atoms. The quantitative estimate of drug-likeness (QED) is 0.189. The summed E-state index contributed by atoms with van der Waals surface area (Å²) in [5, 5.41) is 6.63. The number of furan rings is 2. The summed E-state index contributed by atoms with van der Waals surface area (Å²) >= 11 is 0. The van der Waals surface area contributed by atoms with Crippen molar-refractivity contribution in [1.29, 1.82) is 0 Å². The number of aromatic nitrogens is 4. The van der Waals surface area contributed by atoms with Gasteiger partial charge in [0, 0.05) is 55.1 Å². The van der Waals surface area contributed by atoms with Crippen molar-refractivity contribution in [1.82, 2.24) is 19.5 Å². The zero-order chi connectivity index (χ0) is 33.5. The minimum atomic E-state index is 0.586. The molecule has 0 atom stereocenters. The summed E-state index contributed by atoms with van der Waals surface area (Å²) in [5.74, 6) is 1.83. The Morgan fingerprint density at radius 1 is 0.353 bits per heavy atom. The van der Waals surface area contributed by atoms with E-state index in [1.807, 2.05) is 78.9 Å². The molecule has 0 amide bonds.